The van der Waals surface area contributed by atoms with E-state index >= 15 is 0 Å². The van der Waals surface area contributed by atoms with E-state index in [9.17, 15) is 4.79 Å². The second-order valence-corrected chi connectivity index (χ2v) is 6.44. The number of hydrogen-bond donors (Lipinski definition) is 1. The van der Waals surface area contributed by atoms with Crippen LogP contribution >= 0.6 is 0 Å². The molecule has 136 valence electrons. The summed E-state index contributed by atoms with van der Waals surface area (Å²) in [5, 5.41) is 14.2. The lowest BCUT2D eigenvalue weighted by Gasteiger charge is -2.22. The van der Waals surface area contributed by atoms with Crippen molar-refractivity contribution >= 4 is 33.6 Å². The molecule has 0 spiro atoms. The van der Waals surface area contributed by atoms with Crippen molar-refractivity contribution in [2.45, 2.75) is 20.8 Å². The van der Waals surface area contributed by atoms with Gasteiger partial charge in [0.15, 0.2) is 0 Å². The molecule has 3 aromatic carbocycles. The van der Waals surface area contributed by atoms with Gasteiger partial charge in [0.05, 0.1) is 0 Å². The molecular formula is C23H23N3O. The minimum atomic E-state index is -0.516. The van der Waals surface area contributed by atoms with Crippen molar-refractivity contribution in [2.75, 3.05) is 23.3 Å². The molecule has 0 radical (unpaired) electrons. The van der Waals surface area contributed by atoms with E-state index in [0.29, 0.717) is 5.56 Å². The first-order chi connectivity index (χ1) is 13.1. The van der Waals surface area contributed by atoms with Crippen LogP contribution in [-0.2, 0) is 0 Å². The first-order valence-electron chi connectivity index (χ1n) is 9.17. The number of nitriles is 1. The standard InChI is InChI=1S/C23H23N3O/c1-4-26(5-2)17-10-12-21(16(3)14-17)25-22-13-11-20(23(27)15-24)18-8-6-7-9-19(18)22/h6-14,25H,4-5H2,1-3H3. The molecule has 0 aliphatic rings. The third-order valence-electron chi connectivity index (χ3n) is 4.88. The topological polar surface area (TPSA) is 56.1 Å². The quantitative estimate of drug-likeness (QED) is 0.471. The molecule has 0 aromatic heterocycles. The molecule has 0 fully saturated rings. The van der Waals surface area contributed by atoms with Crippen molar-refractivity contribution in [1.82, 2.24) is 0 Å². The number of fused-ring (bicyclic) bond motifs is 1. The molecule has 0 saturated carbocycles. The van der Waals surface area contributed by atoms with Crippen LogP contribution in [0.5, 0.6) is 0 Å². The van der Waals surface area contributed by atoms with Gasteiger partial charge in [0, 0.05) is 41.1 Å². The Hall–Kier alpha value is -3.32. The van der Waals surface area contributed by atoms with E-state index in [1.165, 1.54) is 5.69 Å². The largest absolute Gasteiger partial charge is 0.372 e. The van der Waals surface area contributed by atoms with Crippen LogP contribution in [0.2, 0.25) is 0 Å². The van der Waals surface area contributed by atoms with E-state index in [-0.39, 0.29) is 0 Å². The van der Waals surface area contributed by atoms with Gasteiger partial charge >= 0.3 is 0 Å². The highest BCUT2D eigenvalue weighted by molar-refractivity contribution is 6.17. The molecule has 3 rings (SSSR count). The Morgan fingerprint density at radius 2 is 1.67 bits per heavy atom. The summed E-state index contributed by atoms with van der Waals surface area (Å²) in [5.74, 6) is -0.516. The molecule has 27 heavy (non-hydrogen) atoms. The molecule has 0 saturated heterocycles. The number of ketones is 1. The second-order valence-electron chi connectivity index (χ2n) is 6.44. The van der Waals surface area contributed by atoms with Crippen LogP contribution in [0.3, 0.4) is 0 Å². The summed E-state index contributed by atoms with van der Waals surface area (Å²) in [7, 11) is 0. The summed E-state index contributed by atoms with van der Waals surface area (Å²) in [6, 6.07) is 19.4. The van der Waals surface area contributed by atoms with Gasteiger partial charge < -0.3 is 10.2 Å². The number of aryl methyl sites for hydroxylation is 1. The Balaban J connectivity index is 2.01. The first-order valence-corrected chi connectivity index (χ1v) is 9.17. The highest BCUT2D eigenvalue weighted by Crippen LogP contribution is 2.31. The summed E-state index contributed by atoms with van der Waals surface area (Å²) in [6.07, 6.45) is 0. The number of carbonyl (C=O) groups is 1. The zero-order valence-electron chi connectivity index (χ0n) is 15.9. The third kappa shape index (κ3) is 3.63. The predicted octanol–water partition coefficient (Wildman–Crippen LogP) is 5.44. The zero-order valence-corrected chi connectivity index (χ0v) is 15.9. The average Bonchev–Trinajstić information content (AvgIpc) is 2.70. The maximum Gasteiger partial charge on any atom is 0.262 e. The van der Waals surface area contributed by atoms with Crippen LogP contribution in [0.4, 0.5) is 17.1 Å². The predicted molar refractivity (Wildman–Crippen MR) is 112 cm³/mol. The maximum atomic E-state index is 11.9. The van der Waals surface area contributed by atoms with Gasteiger partial charge in [-0.15, -0.1) is 0 Å². The normalized spacial score (nSPS) is 10.4. The fourth-order valence-corrected chi connectivity index (χ4v) is 3.38. The molecule has 0 bridgehead atoms. The van der Waals surface area contributed by atoms with Gasteiger partial charge in [0.1, 0.15) is 6.07 Å². The molecule has 0 heterocycles. The molecule has 0 aliphatic carbocycles. The lowest BCUT2D eigenvalue weighted by atomic mass is 10.00. The smallest absolute Gasteiger partial charge is 0.262 e. The Morgan fingerprint density at radius 3 is 2.30 bits per heavy atom. The fourth-order valence-electron chi connectivity index (χ4n) is 3.38. The molecule has 1 N–H and O–H groups in total. The van der Waals surface area contributed by atoms with Crippen molar-refractivity contribution in [3.63, 3.8) is 0 Å². The van der Waals surface area contributed by atoms with Gasteiger partial charge in [-0.25, -0.2) is 0 Å². The third-order valence-corrected chi connectivity index (χ3v) is 4.88. The van der Waals surface area contributed by atoms with Crippen LogP contribution in [0.15, 0.2) is 54.6 Å². The molecule has 4 nitrogen and oxygen atoms in total. The van der Waals surface area contributed by atoms with E-state index in [4.69, 9.17) is 5.26 Å². The van der Waals surface area contributed by atoms with Gasteiger partial charge in [-0.05, 0) is 62.1 Å². The number of anilines is 3. The fraction of sp³-hybridized carbons (Fsp3) is 0.217. The number of rotatable bonds is 6. The first kappa shape index (κ1) is 18.5. The lowest BCUT2D eigenvalue weighted by Crippen LogP contribution is -2.21. The van der Waals surface area contributed by atoms with Crippen LogP contribution < -0.4 is 10.2 Å². The van der Waals surface area contributed by atoms with Gasteiger partial charge in [-0.2, -0.15) is 5.26 Å². The summed E-state index contributed by atoms with van der Waals surface area (Å²) in [4.78, 5) is 14.2. The van der Waals surface area contributed by atoms with Gasteiger partial charge in [-0.3, -0.25) is 4.79 Å². The molecular weight excluding hydrogens is 334 g/mol. The number of Topliss-reactive ketones (excluding diaryl/α,β-unsaturated/α-hetero) is 1. The Labute approximate surface area is 160 Å². The maximum absolute atomic E-state index is 11.9. The van der Waals surface area contributed by atoms with E-state index in [0.717, 1.165) is 40.8 Å². The van der Waals surface area contributed by atoms with Crippen molar-refractivity contribution in [1.29, 1.82) is 5.26 Å². The molecule has 0 amide bonds. The number of nitrogens with zero attached hydrogens (tertiary/aromatic N) is 2. The highest BCUT2D eigenvalue weighted by Gasteiger charge is 2.12. The van der Waals surface area contributed by atoms with Crippen molar-refractivity contribution in [2.24, 2.45) is 0 Å². The zero-order chi connectivity index (χ0) is 19.4. The van der Waals surface area contributed by atoms with Crippen LogP contribution in [0.25, 0.3) is 10.8 Å². The van der Waals surface area contributed by atoms with E-state index in [1.54, 1.807) is 12.1 Å². The second kappa shape index (κ2) is 7.92. The summed E-state index contributed by atoms with van der Waals surface area (Å²) in [5.41, 5.74) is 4.74. The number of carbonyl (C=O) groups excluding carboxylic acids is 1. The van der Waals surface area contributed by atoms with Crippen LogP contribution in [-0.4, -0.2) is 18.9 Å². The summed E-state index contributed by atoms with van der Waals surface area (Å²) in [6.45, 7) is 8.34. The van der Waals surface area contributed by atoms with Gasteiger partial charge in [0.25, 0.3) is 5.78 Å². The highest BCUT2D eigenvalue weighted by atomic mass is 16.1. The number of hydrogen-bond acceptors (Lipinski definition) is 4. The Bertz CT molecular complexity index is 1030. The minimum absolute atomic E-state index is 0.437. The van der Waals surface area contributed by atoms with Crippen molar-refractivity contribution < 1.29 is 4.79 Å². The SMILES string of the molecule is CCN(CC)c1ccc(Nc2ccc(C(=O)C#N)c3ccccc23)c(C)c1. The lowest BCUT2D eigenvalue weighted by molar-refractivity contribution is 0.105. The van der Waals surface area contributed by atoms with E-state index in [1.807, 2.05) is 30.3 Å². The Morgan fingerprint density at radius 1 is 1.00 bits per heavy atom. The number of nitrogens with one attached hydrogen (secondary N) is 1. The molecule has 0 unspecified atom stereocenters. The Kier molecular flexibility index (Phi) is 5.42. The molecule has 0 aliphatic heterocycles. The van der Waals surface area contributed by atoms with Crippen molar-refractivity contribution in [3.05, 3.63) is 65.7 Å². The van der Waals surface area contributed by atoms with Crippen molar-refractivity contribution in [3.8, 4) is 6.07 Å². The molecule has 0 atom stereocenters. The summed E-state index contributed by atoms with van der Waals surface area (Å²) < 4.78 is 0. The van der Waals surface area contributed by atoms with E-state index < -0.39 is 5.78 Å². The molecule has 3 aromatic rings. The van der Waals surface area contributed by atoms with E-state index in [2.05, 4.69) is 49.2 Å². The number of benzene rings is 3. The minimum Gasteiger partial charge on any atom is -0.372 e. The monoisotopic (exact) mass is 357 g/mol. The average molecular weight is 357 g/mol. The molecule has 4 heteroatoms. The van der Waals surface area contributed by atoms with Crippen LogP contribution in [0, 0.1) is 18.3 Å². The van der Waals surface area contributed by atoms with Gasteiger partial charge in [0.2, 0.25) is 0 Å². The van der Waals surface area contributed by atoms with Gasteiger partial charge in [-0.1, -0.05) is 24.3 Å². The summed E-state index contributed by atoms with van der Waals surface area (Å²) >= 11 is 0. The van der Waals surface area contributed by atoms with Crippen LogP contribution in [0.1, 0.15) is 29.8 Å².